The van der Waals surface area contributed by atoms with Crippen LogP contribution in [-0.4, -0.2) is 12.1 Å². The molecule has 2 aromatic carbocycles. The van der Waals surface area contributed by atoms with Gasteiger partial charge >= 0.3 is 0 Å². The molecule has 22 heavy (non-hydrogen) atoms. The standard InChI is InChI=1S/C21H25N/c1-17-8-6-7-11-19(17)21-14-12-20(2,13-15-21)22(16-21)18-9-4-3-5-10-18/h3-11H,12-16H2,1-2H3. The number of fused-ring (bicyclic) bond motifs is 3. The number of nitrogens with zero attached hydrogens (tertiary/aromatic N) is 1. The summed E-state index contributed by atoms with van der Waals surface area (Å²) in [6.45, 7) is 5.90. The van der Waals surface area contributed by atoms with Crippen molar-refractivity contribution in [3.05, 3.63) is 65.7 Å². The highest BCUT2D eigenvalue weighted by Crippen LogP contribution is 2.53. The molecule has 2 saturated heterocycles. The minimum atomic E-state index is 0.339. The zero-order valence-corrected chi connectivity index (χ0v) is 13.7. The van der Waals surface area contributed by atoms with E-state index in [9.17, 15) is 0 Å². The van der Waals surface area contributed by atoms with Gasteiger partial charge in [0.15, 0.2) is 0 Å². The van der Waals surface area contributed by atoms with Crippen LogP contribution in [0.1, 0.15) is 43.7 Å². The van der Waals surface area contributed by atoms with E-state index in [1.54, 1.807) is 5.56 Å². The molecule has 2 aliphatic heterocycles. The molecule has 0 aromatic heterocycles. The first-order chi connectivity index (χ1) is 10.6. The molecule has 2 aromatic rings. The van der Waals surface area contributed by atoms with E-state index in [0.29, 0.717) is 11.0 Å². The van der Waals surface area contributed by atoms with E-state index in [1.165, 1.54) is 43.5 Å². The Kier molecular flexibility index (Phi) is 3.07. The smallest absolute Gasteiger partial charge is 0.0375 e. The number of rotatable bonds is 2. The van der Waals surface area contributed by atoms with Gasteiger partial charge in [-0.2, -0.15) is 0 Å². The monoisotopic (exact) mass is 291 g/mol. The van der Waals surface area contributed by atoms with Gasteiger partial charge in [-0.3, -0.25) is 0 Å². The second-order valence-electron chi connectivity index (χ2n) is 7.51. The number of para-hydroxylation sites is 1. The van der Waals surface area contributed by atoms with Gasteiger partial charge in [-0.1, -0.05) is 42.5 Å². The second-order valence-corrected chi connectivity index (χ2v) is 7.51. The molecule has 1 nitrogen and oxygen atoms in total. The molecule has 114 valence electrons. The highest BCUT2D eigenvalue weighted by Gasteiger charge is 2.51. The predicted molar refractivity (Wildman–Crippen MR) is 93.5 cm³/mol. The number of hydrogen-bond acceptors (Lipinski definition) is 1. The van der Waals surface area contributed by atoms with Crippen LogP contribution >= 0.6 is 0 Å². The average molecular weight is 291 g/mol. The molecule has 1 aliphatic carbocycles. The molecule has 3 fully saturated rings. The topological polar surface area (TPSA) is 3.24 Å². The quantitative estimate of drug-likeness (QED) is 0.745. The lowest BCUT2D eigenvalue weighted by atomic mass is 9.59. The van der Waals surface area contributed by atoms with Gasteiger partial charge in [0.2, 0.25) is 0 Å². The molecule has 0 spiro atoms. The summed E-state index contributed by atoms with van der Waals surface area (Å²) < 4.78 is 0. The summed E-state index contributed by atoms with van der Waals surface area (Å²) in [6, 6.07) is 20.0. The van der Waals surface area contributed by atoms with Crippen LogP contribution in [0.15, 0.2) is 54.6 Å². The van der Waals surface area contributed by atoms with E-state index in [4.69, 9.17) is 0 Å². The van der Waals surface area contributed by atoms with Gasteiger partial charge in [-0.05, 0) is 62.8 Å². The van der Waals surface area contributed by atoms with Crippen molar-refractivity contribution in [1.82, 2.24) is 0 Å². The Balaban J connectivity index is 1.77. The van der Waals surface area contributed by atoms with Crippen molar-refractivity contribution in [2.24, 2.45) is 0 Å². The number of anilines is 1. The molecule has 0 N–H and O–H groups in total. The van der Waals surface area contributed by atoms with Crippen molar-refractivity contribution < 1.29 is 0 Å². The third-order valence-corrected chi connectivity index (χ3v) is 6.18. The van der Waals surface area contributed by atoms with E-state index >= 15 is 0 Å². The maximum Gasteiger partial charge on any atom is 0.0375 e. The van der Waals surface area contributed by atoms with Crippen LogP contribution in [0.5, 0.6) is 0 Å². The predicted octanol–water partition coefficient (Wildman–Crippen LogP) is 5.09. The van der Waals surface area contributed by atoms with E-state index in [0.717, 1.165) is 0 Å². The van der Waals surface area contributed by atoms with Gasteiger partial charge < -0.3 is 4.90 Å². The largest absolute Gasteiger partial charge is 0.365 e. The molecule has 1 heteroatoms. The summed E-state index contributed by atoms with van der Waals surface area (Å²) in [5, 5.41) is 0. The zero-order valence-electron chi connectivity index (χ0n) is 13.7. The summed E-state index contributed by atoms with van der Waals surface area (Å²) in [5.41, 5.74) is 5.12. The SMILES string of the molecule is Cc1ccccc1C12CCC(C)(CC1)N(c1ccccc1)C2. The van der Waals surface area contributed by atoms with Gasteiger partial charge in [0.05, 0.1) is 0 Å². The van der Waals surface area contributed by atoms with Gasteiger partial charge in [0.1, 0.15) is 0 Å². The summed E-state index contributed by atoms with van der Waals surface area (Å²) in [6.07, 6.45) is 5.27. The van der Waals surface area contributed by atoms with Crippen LogP contribution < -0.4 is 4.90 Å². The maximum atomic E-state index is 2.69. The van der Waals surface area contributed by atoms with Crippen LogP contribution in [0, 0.1) is 6.92 Å². The van der Waals surface area contributed by atoms with E-state index in [1.807, 2.05) is 0 Å². The summed E-state index contributed by atoms with van der Waals surface area (Å²) >= 11 is 0. The molecule has 0 unspecified atom stereocenters. The molecular weight excluding hydrogens is 266 g/mol. The lowest BCUT2D eigenvalue weighted by Crippen LogP contribution is -2.63. The molecule has 0 radical (unpaired) electrons. The number of hydrogen-bond donors (Lipinski definition) is 0. The fourth-order valence-electron chi connectivity index (χ4n) is 4.72. The Labute approximate surface area is 134 Å². The molecule has 3 aliphatic rings. The number of benzene rings is 2. The van der Waals surface area contributed by atoms with E-state index in [-0.39, 0.29) is 0 Å². The van der Waals surface area contributed by atoms with Gasteiger partial charge in [-0.25, -0.2) is 0 Å². The number of aryl methyl sites for hydroxylation is 1. The van der Waals surface area contributed by atoms with Crippen molar-refractivity contribution in [2.45, 2.75) is 50.5 Å². The lowest BCUT2D eigenvalue weighted by Gasteiger charge is -2.60. The van der Waals surface area contributed by atoms with Gasteiger partial charge in [-0.15, -0.1) is 0 Å². The maximum absolute atomic E-state index is 2.69. The molecule has 2 bridgehead atoms. The Morgan fingerprint density at radius 2 is 1.45 bits per heavy atom. The van der Waals surface area contributed by atoms with Crippen molar-refractivity contribution in [1.29, 1.82) is 0 Å². The van der Waals surface area contributed by atoms with Crippen LogP contribution in [0.4, 0.5) is 5.69 Å². The average Bonchev–Trinajstić information content (AvgIpc) is 2.57. The molecule has 0 atom stereocenters. The summed E-state index contributed by atoms with van der Waals surface area (Å²) in [4.78, 5) is 2.69. The molecular formula is C21H25N. The summed E-state index contributed by atoms with van der Waals surface area (Å²) in [7, 11) is 0. The highest BCUT2D eigenvalue weighted by atomic mass is 15.2. The van der Waals surface area contributed by atoms with Crippen LogP contribution in [0.3, 0.4) is 0 Å². The van der Waals surface area contributed by atoms with Crippen molar-refractivity contribution in [2.75, 3.05) is 11.4 Å². The first kappa shape index (κ1) is 13.9. The fraction of sp³-hybridized carbons (Fsp3) is 0.429. The molecule has 5 rings (SSSR count). The highest BCUT2D eigenvalue weighted by molar-refractivity contribution is 5.53. The first-order valence-corrected chi connectivity index (χ1v) is 8.52. The molecule has 2 heterocycles. The number of piperidine rings is 2. The minimum Gasteiger partial charge on any atom is -0.365 e. The van der Waals surface area contributed by atoms with Crippen molar-refractivity contribution in [3.8, 4) is 0 Å². The Morgan fingerprint density at radius 3 is 2.14 bits per heavy atom. The molecule has 0 amide bonds. The third kappa shape index (κ3) is 1.99. The van der Waals surface area contributed by atoms with E-state index in [2.05, 4.69) is 73.3 Å². The van der Waals surface area contributed by atoms with Crippen molar-refractivity contribution in [3.63, 3.8) is 0 Å². The third-order valence-electron chi connectivity index (χ3n) is 6.18. The molecule has 1 saturated carbocycles. The Morgan fingerprint density at radius 1 is 0.818 bits per heavy atom. The zero-order chi connectivity index (χ0) is 15.2. The van der Waals surface area contributed by atoms with Crippen LogP contribution in [0.2, 0.25) is 0 Å². The normalized spacial score (nSPS) is 30.5. The Hall–Kier alpha value is -1.76. The minimum absolute atomic E-state index is 0.339. The van der Waals surface area contributed by atoms with Crippen LogP contribution in [0.25, 0.3) is 0 Å². The van der Waals surface area contributed by atoms with E-state index < -0.39 is 0 Å². The lowest BCUT2D eigenvalue weighted by molar-refractivity contribution is 0.139. The van der Waals surface area contributed by atoms with Gasteiger partial charge in [0.25, 0.3) is 0 Å². The van der Waals surface area contributed by atoms with Crippen molar-refractivity contribution >= 4 is 5.69 Å². The fourth-order valence-corrected chi connectivity index (χ4v) is 4.72. The van der Waals surface area contributed by atoms with Gasteiger partial charge in [0, 0.05) is 23.2 Å². The first-order valence-electron chi connectivity index (χ1n) is 8.52. The second kappa shape index (κ2) is 4.87. The Bertz CT molecular complexity index is 665. The summed E-state index contributed by atoms with van der Waals surface area (Å²) in [5.74, 6) is 0. The van der Waals surface area contributed by atoms with Crippen LogP contribution in [-0.2, 0) is 5.41 Å².